The first-order valence-corrected chi connectivity index (χ1v) is 10.8. The van der Waals surface area contributed by atoms with Crippen LogP contribution in [0.15, 0.2) is 58.7 Å². The third-order valence-corrected chi connectivity index (χ3v) is 6.01. The quantitative estimate of drug-likeness (QED) is 0.446. The first-order chi connectivity index (χ1) is 15.4. The average Bonchev–Trinajstić information content (AvgIpc) is 3.20. The van der Waals surface area contributed by atoms with E-state index >= 15 is 0 Å². The topological polar surface area (TPSA) is 90.3 Å². The predicted molar refractivity (Wildman–Crippen MR) is 126 cm³/mol. The van der Waals surface area contributed by atoms with Crippen molar-refractivity contribution >= 4 is 38.9 Å². The molecule has 0 bridgehead atoms. The standard InChI is InChI=1S/C24H21N3O4S/c1-14(28)17-5-4-6-18(11-17)26-21(29)12-27-15(2)25-23-22(24(27)30)20(13-32-23)16-7-9-19(31-3)10-8-16/h4-11,13H,12H2,1-3H3,(H,26,29). The van der Waals surface area contributed by atoms with E-state index in [2.05, 4.69) is 10.3 Å². The summed E-state index contributed by atoms with van der Waals surface area (Å²) in [5, 5.41) is 5.14. The number of methoxy groups -OCH3 is 1. The van der Waals surface area contributed by atoms with E-state index in [-0.39, 0.29) is 23.8 Å². The van der Waals surface area contributed by atoms with Crippen LogP contribution in [0.4, 0.5) is 5.69 Å². The van der Waals surface area contributed by atoms with Gasteiger partial charge in [0, 0.05) is 22.2 Å². The van der Waals surface area contributed by atoms with Crippen LogP contribution in [0.2, 0.25) is 0 Å². The molecule has 2 heterocycles. The molecule has 2 aromatic heterocycles. The molecule has 2 aromatic carbocycles. The number of hydrogen-bond acceptors (Lipinski definition) is 6. The zero-order valence-electron chi connectivity index (χ0n) is 17.8. The summed E-state index contributed by atoms with van der Waals surface area (Å²) in [6.45, 7) is 2.99. The maximum Gasteiger partial charge on any atom is 0.263 e. The summed E-state index contributed by atoms with van der Waals surface area (Å²) in [6.07, 6.45) is 0. The van der Waals surface area contributed by atoms with Crippen molar-refractivity contribution in [3.63, 3.8) is 0 Å². The van der Waals surface area contributed by atoms with E-state index in [9.17, 15) is 14.4 Å². The van der Waals surface area contributed by atoms with E-state index in [0.29, 0.717) is 27.3 Å². The lowest BCUT2D eigenvalue weighted by Gasteiger charge is -2.11. The number of carbonyl (C=O) groups is 2. The SMILES string of the molecule is COc1ccc(-c2csc3nc(C)n(CC(=O)Nc4cccc(C(C)=O)c4)c(=O)c23)cc1. The molecule has 0 aliphatic heterocycles. The fourth-order valence-electron chi connectivity index (χ4n) is 3.46. The number of benzene rings is 2. The van der Waals surface area contributed by atoms with Gasteiger partial charge in [-0.3, -0.25) is 19.0 Å². The molecule has 0 atom stereocenters. The number of fused-ring (bicyclic) bond motifs is 1. The Morgan fingerprint density at radius 1 is 1.16 bits per heavy atom. The molecule has 8 heteroatoms. The number of anilines is 1. The van der Waals surface area contributed by atoms with Gasteiger partial charge in [0.25, 0.3) is 5.56 Å². The van der Waals surface area contributed by atoms with Gasteiger partial charge in [-0.15, -0.1) is 11.3 Å². The van der Waals surface area contributed by atoms with Crippen LogP contribution in [0.1, 0.15) is 23.1 Å². The highest BCUT2D eigenvalue weighted by molar-refractivity contribution is 7.17. The monoisotopic (exact) mass is 447 g/mol. The van der Waals surface area contributed by atoms with E-state index in [1.54, 1.807) is 38.3 Å². The summed E-state index contributed by atoms with van der Waals surface area (Å²) in [6, 6.07) is 14.1. The molecule has 0 aliphatic carbocycles. The molecular weight excluding hydrogens is 426 g/mol. The minimum Gasteiger partial charge on any atom is -0.497 e. The van der Waals surface area contributed by atoms with Crippen LogP contribution in [0.3, 0.4) is 0 Å². The minimum atomic E-state index is -0.377. The highest BCUT2D eigenvalue weighted by Gasteiger charge is 2.17. The molecule has 4 aromatic rings. The van der Waals surface area contributed by atoms with Gasteiger partial charge in [0.05, 0.1) is 12.5 Å². The number of ether oxygens (including phenoxy) is 1. The number of aryl methyl sites for hydroxylation is 1. The van der Waals surface area contributed by atoms with Gasteiger partial charge < -0.3 is 10.1 Å². The fourth-order valence-corrected chi connectivity index (χ4v) is 4.44. The third kappa shape index (κ3) is 4.17. The predicted octanol–water partition coefficient (Wildman–Crippen LogP) is 4.28. The van der Waals surface area contributed by atoms with Crippen LogP contribution in [-0.4, -0.2) is 28.4 Å². The Morgan fingerprint density at radius 2 is 1.91 bits per heavy atom. The van der Waals surface area contributed by atoms with Crippen LogP contribution >= 0.6 is 11.3 Å². The minimum absolute atomic E-state index is 0.0914. The second-order valence-corrected chi connectivity index (χ2v) is 8.15. The number of nitrogens with zero attached hydrogens (tertiary/aromatic N) is 2. The summed E-state index contributed by atoms with van der Waals surface area (Å²) in [4.78, 5) is 42.8. The van der Waals surface area contributed by atoms with Gasteiger partial charge in [-0.1, -0.05) is 24.3 Å². The largest absolute Gasteiger partial charge is 0.497 e. The van der Waals surface area contributed by atoms with Crippen molar-refractivity contribution in [2.45, 2.75) is 20.4 Å². The van der Waals surface area contributed by atoms with Gasteiger partial charge in [-0.2, -0.15) is 0 Å². The lowest BCUT2D eigenvalue weighted by Crippen LogP contribution is -2.30. The van der Waals surface area contributed by atoms with Gasteiger partial charge in [0.1, 0.15) is 22.9 Å². The smallest absolute Gasteiger partial charge is 0.263 e. The van der Waals surface area contributed by atoms with Crippen LogP contribution in [-0.2, 0) is 11.3 Å². The zero-order chi connectivity index (χ0) is 22.8. The number of thiophene rings is 1. The number of rotatable bonds is 6. The average molecular weight is 448 g/mol. The third-order valence-electron chi connectivity index (χ3n) is 5.14. The van der Waals surface area contributed by atoms with E-state index in [4.69, 9.17) is 4.74 Å². The Balaban J connectivity index is 1.67. The van der Waals surface area contributed by atoms with Gasteiger partial charge in [-0.25, -0.2) is 4.98 Å². The number of aromatic nitrogens is 2. The summed E-state index contributed by atoms with van der Waals surface area (Å²) < 4.78 is 6.57. The Kier molecular flexibility index (Phi) is 5.87. The van der Waals surface area contributed by atoms with Crippen molar-refractivity contribution in [3.8, 4) is 16.9 Å². The van der Waals surface area contributed by atoms with Crippen LogP contribution in [0.5, 0.6) is 5.75 Å². The second-order valence-electron chi connectivity index (χ2n) is 7.29. The normalized spacial score (nSPS) is 10.8. The molecule has 1 amide bonds. The van der Waals surface area contributed by atoms with Crippen LogP contribution in [0.25, 0.3) is 21.3 Å². The summed E-state index contributed by atoms with van der Waals surface area (Å²) >= 11 is 1.39. The van der Waals surface area contributed by atoms with Gasteiger partial charge in [0.2, 0.25) is 5.91 Å². The van der Waals surface area contributed by atoms with E-state index in [1.807, 2.05) is 29.6 Å². The first-order valence-electron chi connectivity index (χ1n) is 9.91. The van der Waals surface area contributed by atoms with E-state index < -0.39 is 0 Å². The van der Waals surface area contributed by atoms with E-state index in [1.165, 1.54) is 22.8 Å². The van der Waals surface area contributed by atoms with Crippen molar-refractivity contribution in [1.82, 2.24) is 9.55 Å². The maximum absolute atomic E-state index is 13.3. The highest BCUT2D eigenvalue weighted by atomic mass is 32.1. The van der Waals surface area contributed by atoms with Crippen molar-refractivity contribution in [1.29, 1.82) is 0 Å². The number of carbonyl (C=O) groups excluding carboxylic acids is 2. The fraction of sp³-hybridized carbons (Fsp3) is 0.167. The lowest BCUT2D eigenvalue weighted by atomic mass is 10.1. The number of hydrogen-bond donors (Lipinski definition) is 1. The maximum atomic E-state index is 13.3. The van der Waals surface area contributed by atoms with E-state index in [0.717, 1.165) is 16.9 Å². The molecule has 0 aliphatic rings. The summed E-state index contributed by atoms with van der Waals surface area (Å²) in [5.41, 5.74) is 2.37. The molecule has 7 nitrogen and oxygen atoms in total. The first kappa shape index (κ1) is 21.5. The summed E-state index contributed by atoms with van der Waals surface area (Å²) in [7, 11) is 1.60. The molecule has 0 spiro atoms. The van der Waals surface area contributed by atoms with Crippen molar-refractivity contribution in [2.24, 2.45) is 0 Å². The molecule has 162 valence electrons. The van der Waals surface area contributed by atoms with Gasteiger partial charge in [0.15, 0.2) is 5.78 Å². The molecule has 4 rings (SSSR count). The van der Waals surface area contributed by atoms with Gasteiger partial charge >= 0.3 is 0 Å². The number of Topliss-reactive ketones (excluding diaryl/α,β-unsaturated/α-hetero) is 1. The van der Waals surface area contributed by atoms with Crippen LogP contribution in [0, 0.1) is 6.92 Å². The summed E-state index contributed by atoms with van der Waals surface area (Å²) in [5.74, 6) is 0.716. The van der Waals surface area contributed by atoms with Crippen molar-refractivity contribution in [2.75, 3.05) is 12.4 Å². The molecule has 0 saturated carbocycles. The molecule has 1 N–H and O–H groups in total. The Hall–Kier alpha value is -3.78. The molecule has 0 fully saturated rings. The number of ketones is 1. The lowest BCUT2D eigenvalue weighted by molar-refractivity contribution is -0.116. The van der Waals surface area contributed by atoms with Crippen LogP contribution < -0.4 is 15.6 Å². The molecule has 32 heavy (non-hydrogen) atoms. The van der Waals surface area contributed by atoms with Crippen molar-refractivity contribution < 1.29 is 14.3 Å². The number of amides is 1. The Bertz CT molecular complexity index is 1390. The van der Waals surface area contributed by atoms with Gasteiger partial charge in [-0.05, 0) is 43.7 Å². The Labute approximate surface area is 188 Å². The Morgan fingerprint density at radius 3 is 2.59 bits per heavy atom. The molecule has 0 radical (unpaired) electrons. The molecular formula is C24H21N3O4S. The molecule has 0 saturated heterocycles. The zero-order valence-corrected chi connectivity index (χ0v) is 18.7. The number of nitrogens with one attached hydrogen (secondary N) is 1. The second kappa shape index (κ2) is 8.76. The van der Waals surface area contributed by atoms with Crippen molar-refractivity contribution in [3.05, 3.63) is 75.7 Å². The molecule has 0 unspecified atom stereocenters. The highest BCUT2D eigenvalue weighted by Crippen LogP contribution is 2.32.